The van der Waals surface area contributed by atoms with Gasteiger partial charge in [0.25, 0.3) is 9.05 Å². The Bertz CT molecular complexity index is 948. The predicted molar refractivity (Wildman–Crippen MR) is 92.3 cm³/mol. The molecule has 7 heteroatoms. The van der Waals surface area contributed by atoms with Crippen molar-refractivity contribution in [1.29, 1.82) is 0 Å². The van der Waals surface area contributed by atoms with Gasteiger partial charge in [-0.15, -0.1) is 0 Å². The third-order valence-electron chi connectivity index (χ3n) is 4.33. The van der Waals surface area contributed by atoms with Crippen LogP contribution in [0.2, 0.25) is 0 Å². The number of carbonyl (C=O) groups is 2. The Morgan fingerprint density at radius 2 is 1.60 bits per heavy atom. The number of fused-ring (bicyclic) bond motifs is 1. The number of esters is 1. The number of carbonyl (C=O) groups excluding carboxylic acids is 2. The second kappa shape index (κ2) is 6.61. The average Bonchev–Trinajstić information content (AvgIpc) is 3.03. The molecule has 1 aliphatic rings. The molecule has 0 saturated carbocycles. The first-order valence-electron chi connectivity index (χ1n) is 7.58. The van der Waals surface area contributed by atoms with Crippen molar-refractivity contribution in [3.8, 4) is 0 Å². The molecule has 2 aromatic rings. The minimum atomic E-state index is -3.82. The van der Waals surface area contributed by atoms with Crippen LogP contribution in [0.25, 0.3) is 0 Å². The van der Waals surface area contributed by atoms with E-state index in [1.807, 2.05) is 6.07 Å². The fourth-order valence-corrected chi connectivity index (χ4v) is 3.80. The van der Waals surface area contributed by atoms with Gasteiger partial charge in [0, 0.05) is 21.8 Å². The molecule has 0 bridgehead atoms. The standard InChI is InChI=1S/C18H15ClO5S/c1-24-18(21)15-8-12-2-3-13(9-14(12)10-15)17(20)11-4-6-16(7-5-11)25(19,22)23/h2-7,9,15H,8,10H2,1H3. The second-order valence-electron chi connectivity index (χ2n) is 5.90. The molecule has 0 amide bonds. The fourth-order valence-electron chi connectivity index (χ4n) is 3.03. The number of ketones is 1. The lowest BCUT2D eigenvalue weighted by Gasteiger charge is -2.05. The van der Waals surface area contributed by atoms with E-state index in [0.29, 0.717) is 24.0 Å². The number of hydrogen-bond donors (Lipinski definition) is 0. The molecule has 1 atom stereocenters. The van der Waals surface area contributed by atoms with Crippen molar-refractivity contribution in [1.82, 2.24) is 0 Å². The molecule has 5 nitrogen and oxygen atoms in total. The largest absolute Gasteiger partial charge is 0.469 e. The van der Waals surface area contributed by atoms with Crippen LogP contribution in [0.4, 0.5) is 0 Å². The maximum Gasteiger partial charge on any atom is 0.309 e. The zero-order valence-corrected chi connectivity index (χ0v) is 14.9. The Morgan fingerprint density at radius 1 is 1.00 bits per heavy atom. The van der Waals surface area contributed by atoms with E-state index in [2.05, 4.69) is 0 Å². The van der Waals surface area contributed by atoms with Crippen molar-refractivity contribution in [2.45, 2.75) is 17.7 Å². The molecule has 2 aromatic carbocycles. The van der Waals surface area contributed by atoms with Crippen molar-refractivity contribution >= 4 is 31.5 Å². The molecule has 0 fully saturated rings. The number of hydrogen-bond acceptors (Lipinski definition) is 5. The van der Waals surface area contributed by atoms with E-state index in [-0.39, 0.29) is 22.6 Å². The third-order valence-corrected chi connectivity index (χ3v) is 5.70. The summed E-state index contributed by atoms with van der Waals surface area (Å²) in [7, 11) is 2.82. The van der Waals surface area contributed by atoms with Crippen LogP contribution in [0.1, 0.15) is 27.0 Å². The zero-order chi connectivity index (χ0) is 18.2. The Kier molecular flexibility index (Phi) is 4.67. The summed E-state index contributed by atoms with van der Waals surface area (Å²) in [5.41, 5.74) is 2.86. The number of methoxy groups -OCH3 is 1. The topological polar surface area (TPSA) is 77.5 Å². The maximum atomic E-state index is 12.6. The van der Waals surface area contributed by atoms with Crippen molar-refractivity contribution in [2.24, 2.45) is 5.92 Å². The van der Waals surface area contributed by atoms with Crippen molar-refractivity contribution in [3.63, 3.8) is 0 Å². The molecule has 0 heterocycles. The van der Waals surface area contributed by atoms with Crippen LogP contribution in [0.5, 0.6) is 0 Å². The molecule has 0 spiro atoms. The highest BCUT2D eigenvalue weighted by Gasteiger charge is 2.28. The van der Waals surface area contributed by atoms with Crippen molar-refractivity contribution < 1.29 is 22.7 Å². The van der Waals surface area contributed by atoms with Gasteiger partial charge in [0.1, 0.15) is 0 Å². The first kappa shape index (κ1) is 17.6. The van der Waals surface area contributed by atoms with E-state index in [0.717, 1.165) is 11.1 Å². The van der Waals surface area contributed by atoms with E-state index in [9.17, 15) is 18.0 Å². The van der Waals surface area contributed by atoms with Gasteiger partial charge in [-0.2, -0.15) is 0 Å². The van der Waals surface area contributed by atoms with Crippen LogP contribution in [-0.4, -0.2) is 27.3 Å². The molecule has 0 aromatic heterocycles. The van der Waals surface area contributed by atoms with E-state index < -0.39 is 9.05 Å². The van der Waals surface area contributed by atoms with Gasteiger partial charge >= 0.3 is 5.97 Å². The van der Waals surface area contributed by atoms with Crippen LogP contribution in [-0.2, 0) is 31.4 Å². The average molecular weight is 379 g/mol. The molecular weight excluding hydrogens is 364 g/mol. The summed E-state index contributed by atoms with van der Waals surface area (Å²) in [4.78, 5) is 24.2. The Balaban J connectivity index is 1.84. The highest BCUT2D eigenvalue weighted by Crippen LogP contribution is 2.29. The van der Waals surface area contributed by atoms with Crippen LogP contribution < -0.4 is 0 Å². The summed E-state index contributed by atoms with van der Waals surface area (Å²) in [6.45, 7) is 0. The van der Waals surface area contributed by atoms with Gasteiger partial charge in [-0.3, -0.25) is 9.59 Å². The summed E-state index contributed by atoms with van der Waals surface area (Å²) in [5, 5.41) is 0. The first-order chi connectivity index (χ1) is 11.8. The lowest BCUT2D eigenvalue weighted by molar-refractivity contribution is -0.145. The molecule has 0 radical (unpaired) electrons. The van der Waals surface area contributed by atoms with Gasteiger partial charge in [-0.05, 0) is 54.3 Å². The molecule has 130 valence electrons. The lowest BCUT2D eigenvalue weighted by atomic mass is 9.99. The van der Waals surface area contributed by atoms with E-state index >= 15 is 0 Å². The Labute approximate surface area is 150 Å². The van der Waals surface area contributed by atoms with Crippen molar-refractivity contribution in [2.75, 3.05) is 7.11 Å². The van der Waals surface area contributed by atoms with Crippen LogP contribution >= 0.6 is 10.7 Å². The highest BCUT2D eigenvalue weighted by atomic mass is 35.7. The zero-order valence-electron chi connectivity index (χ0n) is 13.4. The molecule has 1 unspecified atom stereocenters. The van der Waals surface area contributed by atoms with Crippen LogP contribution in [0.15, 0.2) is 47.4 Å². The Hall–Kier alpha value is -2.18. The SMILES string of the molecule is COC(=O)C1Cc2ccc(C(=O)c3ccc(S(=O)(=O)Cl)cc3)cc2C1. The summed E-state index contributed by atoms with van der Waals surface area (Å²) >= 11 is 0. The number of rotatable bonds is 4. The quantitative estimate of drug-likeness (QED) is 0.464. The lowest BCUT2D eigenvalue weighted by Crippen LogP contribution is -2.15. The molecule has 25 heavy (non-hydrogen) atoms. The maximum absolute atomic E-state index is 12.6. The van der Waals surface area contributed by atoms with Crippen LogP contribution in [0, 0.1) is 5.92 Å². The number of halogens is 1. The summed E-state index contributed by atoms with van der Waals surface area (Å²) in [6, 6.07) is 10.8. The number of ether oxygens (including phenoxy) is 1. The van der Waals surface area contributed by atoms with E-state index in [1.165, 1.54) is 31.4 Å². The Morgan fingerprint density at radius 3 is 2.20 bits per heavy atom. The summed E-state index contributed by atoms with van der Waals surface area (Å²) in [5.74, 6) is -0.677. The summed E-state index contributed by atoms with van der Waals surface area (Å²) < 4.78 is 27.3. The molecule has 3 rings (SSSR count). The third kappa shape index (κ3) is 3.60. The molecule has 0 N–H and O–H groups in total. The molecular formula is C18H15ClO5S. The van der Waals surface area contributed by atoms with Gasteiger partial charge in [0.2, 0.25) is 0 Å². The molecule has 1 aliphatic carbocycles. The first-order valence-corrected chi connectivity index (χ1v) is 9.89. The smallest absolute Gasteiger partial charge is 0.309 e. The van der Waals surface area contributed by atoms with Gasteiger partial charge in [-0.25, -0.2) is 8.42 Å². The van der Waals surface area contributed by atoms with Gasteiger partial charge in [0.15, 0.2) is 5.78 Å². The molecule has 0 aliphatic heterocycles. The minimum Gasteiger partial charge on any atom is -0.469 e. The highest BCUT2D eigenvalue weighted by molar-refractivity contribution is 8.13. The summed E-state index contributed by atoms with van der Waals surface area (Å²) in [6.07, 6.45) is 1.16. The van der Waals surface area contributed by atoms with E-state index in [4.69, 9.17) is 15.4 Å². The fraction of sp³-hybridized carbons (Fsp3) is 0.222. The van der Waals surface area contributed by atoms with Gasteiger partial charge in [-0.1, -0.05) is 12.1 Å². The van der Waals surface area contributed by atoms with Gasteiger partial charge < -0.3 is 4.74 Å². The van der Waals surface area contributed by atoms with E-state index in [1.54, 1.807) is 12.1 Å². The van der Waals surface area contributed by atoms with Gasteiger partial charge in [0.05, 0.1) is 17.9 Å². The second-order valence-corrected chi connectivity index (χ2v) is 8.47. The predicted octanol–water partition coefficient (Wildman–Crippen LogP) is 2.73. The van der Waals surface area contributed by atoms with Crippen LogP contribution in [0.3, 0.4) is 0 Å². The molecule has 0 saturated heterocycles. The normalized spacial score (nSPS) is 16.3. The minimum absolute atomic E-state index is 0.0550. The van der Waals surface area contributed by atoms with Crippen molar-refractivity contribution in [3.05, 3.63) is 64.7 Å². The monoisotopic (exact) mass is 378 g/mol. The number of benzene rings is 2.